The van der Waals surface area contributed by atoms with Crippen LogP contribution in [0, 0.1) is 0 Å². The Morgan fingerprint density at radius 2 is 1.92 bits per heavy atom. The topological polar surface area (TPSA) is 121 Å². The molecule has 0 saturated carbocycles. The molecule has 11 heteroatoms. The minimum absolute atomic E-state index is 0.0915. The summed E-state index contributed by atoms with van der Waals surface area (Å²) in [6.45, 7) is 5.74. The van der Waals surface area contributed by atoms with E-state index in [2.05, 4.69) is 17.6 Å². The number of ether oxygens (including phenoxy) is 3. The standard InChI is InChI=1S/C28H34N4O6S/c1-4-6-11-29-26(34)24(5-2)39-28-31-21-15-19(25(33)30-12-13-36-3)8-9-20(21)27(35)32(28)16-18-7-10-22-23(14-18)38-17-37-22/h7-10,14-15,24H,4-6,11-13,16-17H2,1-3H3,(H,29,34)(H,30,33)/t24-/m0/s1. The Labute approximate surface area is 231 Å². The molecule has 2 heterocycles. The molecule has 1 aliphatic rings. The number of methoxy groups -OCH3 is 1. The molecule has 0 unspecified atom stereocenters. The molecule has 2 amide bonds. The van der Waals surface area contributed by atoms with Crippen LogP contribution in [-0.2, 0) is 16.1 Å². The third kappa shape index (κ3) is 6.90. The number of aromatic nitrogens is 2. The van der Waals surface area contributed by atoms with Crippen molar-refractivity contribution in [1.82, 2.24) is 20.2 Å². The van der Waals surface area contributed by atoms with Gasteiger partial charge >= 0.3 is 0 Å². The number of benzene rings is 2. The quantitative estimate of drug-likeness (QED) is 0.188. The number of rotatable bonds is 13. The highest BCUT2D eigenvalue weighted by molar-refractivity contribution is 8.00. The normalized spacial score (nSPS) is 12.9. The zero-order valence-electron chi connectivity index (χ0n) is 22.5. The van der Waals surface area contributed by atoms with Crippen LogP contribution in [0.25, 0.3) is 10.9 Å². The molecule has 3 aromatic rings. The van der Waals surface area contributed by atoms with Gasteiger partial charge in [0.25, 0.3) is 11.5 Å². The van der Waals surface area contributed by atoms with Gasteiger partial charge in [-0.15, -0.1) is 0 Å². The zero-order chi connectivity index (χ0) is 27.8. The number of unbranched alkanes of at least 4 members (excludes halogenated alkanes) is 1. The first kappa shape index (κ1) is 28.4. The minimum atomic E-state index is -0.435. The van der Waals surface area contributed by atoms with E-state index >= 15 is 0 Å². The molecule has 1 atom stereocenters. The first-order valence-corrected chi connectivity index (χ1v) is 14.0. The smallest absolute Gasteiger partial charge is 0.262 e. The van der Waals surface area contributed by atoms with Crippen molar-refractivity contribution in [3.63, 3.8) is 0 Å². The number of nitrogens with one attached hydrogen (secondary N) is 2. The number of carbonyl (C=O) groups excluding carboxylic acids is 2. The Bertz CT molecular complexity index is 1390. The molecule has 0 aliphatic carbocycles. The maximum atomic E-state index is 13.8. The Kier molecular flexibility index (Phi) is 9.83. The highest BCUT2D eigenvalue weighted by Crippen LogP contribution is 2.33. The Hall–Kier alpha value is -3.57. The summed E-state index contributed by atoms with van der Waals surface area (Å²) < 4.78 is 17.5. The van der Waals surface area contributed by atoms with E-state index in [4.69, 9.17) is 19.2 Å². The van der Waals surface area contributed by atoms with Crippen LogP contribution in [0.5, 0.6) is 11.5 Å². The first-order chi connectivity index (χ1) is 18.9. The largest absolute Gasteiger partial charge is 0.454 e. The second kappa shape index (κ2) is 13.5. The fourth-order valence-electron chi connectivity index (χ4n) is 4.11. The number of hydrogen-bond donors (Lipinski definition) is 2. The molecule has 0 saturated heterocycles. The number of nitrogens with zero attached hydrogens (tertiary/aromatic N) is 2. The molecule has 10 nitrogen and oxygen atoms in total. The van der Waals surface area contributed by atoms with Crippen molar-refractivity contribution in [3.05, 3.63) is 57.9 Å². The molecule has 208 valence electrons. The lowest BCUT2D eigenvalue weighted by molar-refractivity contribution is -0.120. The summed E-state index contributed by atoms with van der Waals surface area (Å²) in [5.41, 5.74) is 1.36. The van der Waals surface area contributed by atoms with Crippen LogP contribution in [0.1, 0.15) is 49.0 Å². The van der Waals surface area contributed by atoms with E-state index in [1.807, 2.05) is 25.1 Å². The predicted molar refractivity (Wildman–Crippen MR) is 150 cm³/mol. The van der Waals surface area contributed by atoms with Crippen molar-refractivity contribution < 1.29 is 23.8 Å². The maximum Gasteiger partial charge on any atom is 0.262 e. The predicted octanol–water partition coefficient (Wildman–Crippen LogP) is 3.34. The van der Waals surface area contributed by atoms with Gasteiger partial charge in [-0.1, -0.05) is 38.1 Å². The molecule has 2 N–H and O–H groups in total. The Morgan fingerprint density at radius 1 is 1.10 bits per heavy atom. The lowest BCUT2D eigenvalue weighted by Gasteiger charge is -2.18. The van der Waals surface area contributed by atoms with E-state index in [1.54, 1.807) is 29.9 Å². The highest BCUT2D eigenvalue weighted by atomic mass is 32.2. The summed E-state index contributed by atoms with van der Waals surface area (Å²) in [6, 6.07) is 10.4. The van der Waals surface area contributed by atoms with Gasteiger partial charge in [-0.3, -0.25) is 19.0 Å². The van der Waals surface area contributed by atoms with E-state index < -0.39 is 5.25 Å². The molecule has 0 spiro atoms. The van der Waals surface area contributed by atoms with Gasteiger partial charge < -0.3 is 24.8 Å². The van der Waals surface area contributed by atoms with E-state index in [-0.39, 0.29) is 30.7 Å². The molecule has 39 heavy (non-hydrogen) atoms. The zero-order valence-corrected chi connectivity index (χ0v) is 23.3. The SMILES string of the molecule is CCCCNC(=O)[C@H](CC)Sc1nc2cc(C(=O)NCCOC)ccc2c(=O)n1Cc1ccc2c(c1)OCO2. The first-order valence-electron chi connectivity index (χ1n) is 13.1. The minimum Gasteiger partial charge on any atom is -0.454 e. The molecule has 0 fully saturated rings. The van der Waals surface area contributed by atoms with Crippen LogP contribution in [-0.4, -0.2) is 60.2 Å². The molecular formula is C28H34N4O6S. The van der Waals surface area contributed by atoms with Crippen molar-refractivity contribution in [2.24, 2.45) is 0 Å². The van der Waals surface area contributed by atoms with Gasteiger partial charge in [0.1, 0.15) is 0 Å². The monoisotopic (exact) mass is 554 g/mol. The molecule has 0 radical (unpaired) electrons. The lowest BCUT2D eigenvalue weighted by Crippen LogP contribution is -2.34. The van der Waals surface area contributed by atoms with Crippen LogP contribution in [0.15, 0.2) is 46.3 Å². The van der Waals surface area contributed by atoms with Gasteiger partial charge in [0.2, 0.25) is 12.7 Å². The number of fused-ring (bicyclic) bond motifs is 2. The Morgan fingerprint density at radius 3 is 2.69 bits per heavy atom. The molecular weight excluding hydrogens is 520 g/mol. The Balaban J connectivity index is 1.71. The van der Waals surface area contributed by atoms with E-state index in [9.17, 15) is 14.4 Å². The van der Waals surface area contributed by atoms with E-state index in [0.29, 0.717) is 59.2 Å². The second-order valence-corrected chi connectivity index (χ2v) is 10.3. The number of amides is 2. The van der Waals surface area contributed by atoms with Gasteiger partial charge in [0.05, 0.1) is 29.3 Å². The van der Waals surface area contributed by atoms with Crippen LogP contribution in [0.3, 0.4) is 0 Å². The van der Waals surface area contributed by atoms with Gasteiger partial charge in [0, 0.05) is 25.8 Å². The van der Waals surface area contributed by atoms with Crippen LogP contribution in [0.4, 0.5) is 0 Å². The summed E-state index contributed by atoms with van der Waals surface area (Å²) in [6.07, 6.45) is 2.43. The second-order valence-electron chi connectivity index (χ2n) is 9.11. The summed E-state index contributed by atoms with van der Waals surface area (Å²) in [5.74, 6) is 0.903. The summed E-state index contributed by atoms with van der Waals surface area (Å²) in [5, 5.41) is 6.12. The maximum absolute atomic E-state index is 13.8. The van der Waals surface area contributed by atoms with Crippen molar-refractivity contribution in [2.75, 3.05) is 33.6 Å². The number of hydrogen-bond acceptors (Lipinski definition) is 8. The summed E-state index contributed by atoms with van der Waals surface area (Å²) >= 11 is 1.25. The van der Waals surface area contributed by atoms with Crippen molar-refractivity contribution in [1.29, 1.82) is 0 Å². The highest BCUT2D eigenvalue weighted by Gasteiger charge is 2.23. The third-order valence-corrected chi connectivity index (χ3v) is 7.65. The number of carbonyl (C=O) groups is 2. The summed E-state index contributed by atoms with van der Waals surface area (Å²) in [7, 11) is 1.56. The molecule has 4 rings (SSSR count). The average Bonchev–Trinajstić information content (AvgIpc) is 3.41. The van der Waals surface area contributed by atoms with Crippen molar-refractivity contribution in [3.8, 4) is 11.5 Å². The van der Waals surface area contributed by atoms with Gasteiger partial charge in [-0.2, -0.15) is 0 Å². The van der Waals surface area contributed by atoms with E-state index in [0.717, 1.165) is 18.4 Å². The van der Waals surface area contributed by atoms with Crippen LogP contribution in [0.2, 0.25) is 0 Å². The number of thioether (sulfide) groups is 1. The molecule has 1 aromatic heterocycles. The fraction of sp³-hybridized carbons (Fsp3) is 0.429. The van der Waals surface area contributed by atoms with Gasteiger partial charge in [-0.25, -0.2) is 4.98 Å². The fourth-order valence-corrected chi connectivity index (χ4v) is 5.15. The summed E-state index contributed by atoms with van der Waals surface area (Å²) in [4.78, 5) is 44.1. The molecule has 1 aliphatic heterocycles. The lowest BCUT2D eigenvalue weighted by atomic mass is 10.1. The molecule has 2 aromatic carbocycles. The van der Waals surface area contributed by atoms with E-state index in [1.165, 1.54) is 11.8 Å². The van der Waals surface area contributed by atoms with Crippen LogP contribution < -0.4 is 25.7 Å². The van der Waals surface area contributed by atoms with Gasteiger partial charge in [0.15, 0.2) is 16.7 Å². The van der Waals surface area contributed by atoms with Crippen LogP contribution >= 0.6 is 11.8 Å². The third-order valence-electron chi connectivity index (χ3n) is 6.29. The average molecular weight is 555 g/mol. The van der Waals surface area contributed by atoms with Crippen molar-refractivity contribution in [2.45, 2.75) is 50.1 Å². The van der Waals surface area contributed by atoms with Crippen molar-refractivity contribution >= 4 is 34.5 Å². The van der Waals surface area contributed by atoms with Gasteiger partial charge in [-0.05, 0) is 48.7 Å². The molecule has 0 bridgehead atoms.